The summed E-state index contributed by atoms with van der Waals surface area (Å²) in [6.07, 6.45) is 2.20. The Hall–Kier alpha value is -1.98. The summed E-state index contributed by atoms with van der Waals surface area (Å²) in [6, 6.07) is 15.9. The first-order valence-electron chi connectivity index (χ1n) is 8.68. The Morgan fingerprint density at radius 3 is 2.58 bits per heavy atom. The smallest absolute Gasteiger partial charge is 0.191 e. The van der Waals surface area contributed by atoms with Crippen molar-refractivity contribution in [2.45, 2.75) is 30.7 Å². The van der Waals surface area contributed by atoms with Crippen LogP contribution in [-0.2, 0) is 12.8 Å². The second-order valence-electron chi connectivity index (χ2n) is 5.97. The van der Waals surface area contributed by atoms with Crippen molar-refractivity contribution in [1.29, 1.82) is 0 Å². The zero-order chi connectivity index (χ0) is 18.4. The SMILES string of the molecule is CCCCOc1ccc(-c2nnc(SCc3ccccc3Cl)n2C)cc1. The van der Waals surface area contributed by atoms with Gasteiger partial charge in [0.05, 0.1) is 6.61 Å². The van der Waals surface area contributed by atoms with Gasteiger partial charge in [0, 0.05) is 23.4 Å². The maximum absolute atomic E-state index is 6.22. The van der Waals surface area contributed by atoms with Crippen LogP contribution in [-0.4, -0.2) is 21.4 Å². The first-order valence-corrected chi connectivity index (χ1v) is 10.0. The fourth-order valence-electron chi connectivity index (χ4n) is 2.48. The van der Waals surface area contributed by atoms with Crippen molar-refractivity contribution in [1.82, 2.24) is 14.8 Å². The van der Waals surface area contributed by atoms with Crippen LogP contribution in [0.25, 0.3) is 11.4 Å². The van der Waals surface area contributed by atoms with Crippen LogP contribution < -0.4 is 4.74 Å². The average Bonchev–Trinajstić information content (AvgIpc) is 3.02. The van der Waals surface area contributed by atoms with Gasteiger partial charge in [0.1, 0.15) is 5.75 Å². The molecule has 2 aromatic carbocycles. The van der Waals surface area contributed by atoms with Crippen molar-refractivity contribution in [3.63, 3.8) is 0 Å². The highest BCUT2D eigenvalue weighted by molar-refractivity contribution is 7.98. The van der Waals surface area contributed by atoms with Gasteiger partial charge in [-0.1, -0.05) is 54.9 Å². The predicted octanol–water partition coefficient (Wildman–Crippen LogP) is 5.61. The molecule has 1 aromatic heterocycles. The Morgan fingerprint density at radius 1 is 1.08 bits per heavy atom. The van der Waals surface area contributed by atoms with Crippen LogP contribution in [0.4, 0.5) is 0 Å². The Morgan fingerprint density at radius 2 is 1.85 bits per heavy atom. The maximum Gasteiger partial charge on any atom is 0.191 e. The molecule has 4 nitrogen and oxygen atoms in total. The number of nitrogens with zero attached hydrogens (tertiary/aromatic N) is 3. The Balaban J connectivity index is 1.67. The summed E-state index contributed by atoms with van der Waals surface area (Å²) in [6.45, 7) is 2.91. The van der Waals surface area contributed by atoms with Gasteiger partial charge in [-0.05, 0) is 42.3 Å². The topological polar surface area (TPSA) is 39.9 Å². The van der Waals surface area contributed by atoms with Crippen LogP contribution in [0.3, 0.4) is 0 Å². The number of aromatic nitrogens is 3. The zero-order valence-electron chi connectivity index (χ0n) is 15.0. The zero-order valence-corrected chi connectivity index (χ0v) is 16.6. The van der Waals surface area contributed by atoms with E-state index in [0.717, 1.165) is 58.1 Å². The van der Waals surface area contributed by atoms with E-state index < -0.39 is 0 Å². The van der Waals surface area contributed by atoms with E-state index in [1.165, 1.54) is 0 Å². The molecular formula is C20H22ClN3OS. The highest BCUT2D eigenvalue weighted by Crippen LogP contribution is 2.28. The number of rotatable bonds is 8. The summed E-state index contributed by atoms with van der Waals surface area (Å²) in [4.78, 5) is 0. The second kappa shape index (κ2) is 9.10. The molecule has 0 saturated heterocycles. The molecule has 0 fully saturated rings. The molecule has 0 spiro atoms. The highest BCUT2D eigenvalue weighted by atomic mass is 35.5. The van der Waals surface area contributed by atoms with Crippen molar-refractivity contribution in [3.8, 4) is 17.1 Å². The number of hydrogen-bond acceptors (Lipinski definition) is 4. The minimum atomic E-state index is 0.753. The van der Waals surface area contributed by atoms with Crippen LogP contribution in [0.2, 0.25) is 5.02 Å². The highest BCUT2D eigenvalue weighted by Gasteiger charge is 2.12. The van der Waals surface area contributed by atoms with Gasteiger partial charge in [-0.25, -0.2) is 0 Å². The summed E-state index contributed by atoms with van der Waals surface area (Å²) in [5, 5.41) is 10.3. The van der Waals surface area contributed by atoms with E-state index in [1.54, 1.807) is 11.8 Å². The number of hydrogen-bond donors (Lipinski definition) is 0. The van der Waals surface area contributed by atoms with Crippen LogP contribution in [0.1, 0.15) is 25.3 Å². The summed E-state index contributed by atoms with van der Waals surface area (Å²) < 4.78 is 7.72. The number of benzene rings is 2. The van der Waals surface area contributed by atoms with Crippen LogP contribution >= 0.6 is 23.4 Å². The average molecular weight is 388 g/mol. The number of halogens is 1. The van der Waals surface area contributed by atoms with Gasteiger partial charge in [0.25, 0.3) is 0 Å². The van der Waals surface area contributed by atoms with Gasteiger partial charge in [0.2, 0.25) is 0 Å². The molecule has 0 bridgehead atoms. The third-order valence-corrected chi connectivity index (χ3v) is 5.47. The number of unbranched alkanes of at least 4 members (excludes halogenated alkanes) is 1. The van der Waals surface area contributed by atoms with E-state index in [9.17, 15) is 0 Å². The molecule has 0 atom stereocenters. The standard InChI is InChI=1S/C20H22ClN3OS/c1-3-4-13-25-17-11-9-15(10-12-17)19-22-23-20(24(19)2)26-14-16-7-5-6-8-18(16)21/h5-12H,3-4,13-14H2,1-2H3. The monoisotopic (exact) mass is 387 g/mol. The molecule has 6 heteroatoms. The van der Waals surface area contributed by atoms with Crippen molar-refractivity contribution in [2.75, 3.05) is 6.61 Å². The second-order valence-corrected chi connectivity index (χ2v) is 7.32. The van der Waals surface area contributed by atoms with E-state index in [-0.39, 0.29) is 0 Å². The fraction of sp³-hybridized carbons (Fsp3) is 0.300. The minimum absolute atomic E-state index is 0.753. The van der Waals surface area contributed by atoms with E-state index in [4.69, 9.17) is 16.3 Å². The summed E-state index contributed by atoms with van der Waals surface area (Å²) in [7, 11) is 1.98. The Kier molecular flexibility index (Phi) is 6.58. The number of ether oxygens (including phenoxy) is 1. The molecule has 0 radical (unpaired) electrons. The first-order chi connectivity index (χ1) is 12.7. The van der Waals surface area contributed by atoms with E-state index in [0.29, 0.717) is 0 Å². The quantitative estimate of drug-likeness (QED) is 0.372. The van der Waals surface area contributed by atoms with Crippen LogP contribution in [0.5, 0.6) is 5.75 Å². The van der Waals surface area contributed by atoms with Crippen molar-refractivity contribution < 1.29 is 4.74 Å². The molecule has 0 aliphatic heterocycles. The first kappa shape index (κ1) is 18.8. The predicted molar refractivity (Wildman–Crippen MR) is 108 cm³/mol. The molecule has 26 heavy (non-hydrogen) atoms. The molecule has 136 valence electrons. The molecule has 3 aromatic rings. The lowest BCUT2D eigenvalue weighted by molar-refractivity contribution is 0.309. The third-order valence-electron chi connectivity index (χ3n) is 4.03. The maximum atomic E-state index is 6.22. The third kappa shape index (κ3) is 4.59. The van der Waals surface area contributed by atoms with E-state index >= 15 is 0 Å². The lowest BCUT2D eigenvalue weighted by Gasteiger charge is -2.07. The number of thioether (sulfide) groups is 1. The molecule has 0 aliphatic carbocycles. The van der Waals surface area contributed by atoms with Gasteiger partial charge in [-0.15, -0.1) is 10.2 Å². The van der Waals surface area contributed by atoms with Crippen LogP contribution in [0.15, 0.2) is 53.7 Å². The molecular weight excluding hydrogens is 366 g/mol. The van der Waals surface area contributed by atoms with E-state index in [2.05, 4.69) is 17.1 Å². The lowest BCUT2D eigenvalue weighted by atomic mass is 10.2. The molecule has 3 rings (SSSR count). The lowest BCUT2D eigenvalue weighted by Crippen LogP contribution is -1.97. The fourth-order valence-corrected chi connectivity index (χ4v) is 3.68. The Bertz CT molecular complexity index is 849. The van der Waals surface area contributed by atoms with Gasteiger partial charge in [-0.2, -0.15) is 0 Å². The largest absolute Gasteiger partial charge is 0.494 e. The Labute approximate surface area is 163 Å². The molecule has 1 heterocycles. The summed E-state index contributed by atoms with van der Waals surface area (Å²) >= 11 is 7.85. The van der Waals surface area contributed by atoms with Gasteiger partial charge in [0.15, 0.2) is 11.0 Å². The molecule has 0 unspecified atom stereocenters. The normalized spacial score (nSPS) is 10.9. The molecule has 0 amide bonds. The van der Waals surface area contributed by atoms with E-state index in [1.807, 2.05) is 60.1 Å². The molecule has 0 saturated carbocycles. The molecule has 0 aliphatic rings. The summed E-state index contributed by atoms with van der Waals surface area (Å²) in [5.41, 5.74) is 2.12. The van der Waals surface area contributed by atoms with Gasteiger partial charge in [-0.3, -0.25) is 0 Å². The van der Waals surface area contributed by atoms with Crippen molar-refractivity contribution in [3.05, 3.63) is 59.1 Å². The van der Waals surface area contributed by atoms with Gasteiger partial charge < -0.3 is 9.30 Å². The van der Waals surface area contributed by atoms with Crippen LogP contribution in [0, 0.1) is 0 Å². The van der Waals surface area contributed by atoms with Gasteiger partial charge >= 0.3 is 0 Å². The minimum Gasteiger partial charge on any atom is -0.494 e. The molecule has 0 N–H and O–H groups in total. The van der Waals surface area contributed by atoms with Crippen molar-refractivity contribution >= 4 is 23.4 Å². The summed E-state index contributed by atoms with van der Waals surface area (Å²) in [5.74, 6) is 2.49. The van der Waals surface area contributed by atoms with Crippen molar-refractivity contribution in [2.24, 2.45) is 7.05 Å².